The smallest absolute Gasteiger partial charge is 0.306 e. The molecule has 0 bridgehead atoms. The molecule has 5 nitrogen and oxygen atoms in total. The van der Waals surface area contributed by atoms with Gasteiger partial charge in [-0.15, -0.1) is 0 Å². The summed E-state index contributed by atoms with van der Waals surface area (Å²) in [5.74, 6) is -0.552. The molecule has 1 aromatic carbocycles. The first-order chi connectivity index (χ1) is 8.52. The van der Waals surface area contributed by atoms with E-state index in [2.05, 4.69) is 5.32 Å². The molecule has 1 amide bonds. The van der Waals surface area contributed by atoms with Crippen molar-refractivity contribution < 1.29 is 19.4 Å². The molecule has 0 fully saturated rings. The quantitative estimate of drug-likeness (QED) is 0.785. The number of carbonyl (C=O) groups is 2. The van der Waals surface area contributed by atoms with Crippen molar-refractivity contribution in [2.24, 2.45) is 0 Å². The maximum absolute atomic E-state index is 11.5. The second-order valence-corrected chi connectivity index (χ2v) is 3.85. The minimum absolute atomic E-state index is 0.0531. The summed E-state index contributed by atoms with van der Waals surface area (Å²) in [6.45, 7) is 3.79. The van der Waals surface area contributed by atoms with Crippen LogP contribution in [0.15, 0.2) is 18.2 Å². The van der Waals surface area contributed by atoms with Gasteiger partial charge in [0.15, 0.2) is 0 Å². The second kappa shape index (κ2) is 6.64. The Labute approximate surface area is 106 Å². The standard InChI is InChI=1S/C13H17NO4/c1-3-18-13(17)7-6-12(16)14-10-5-4-9(2)11(15)8-10/h4-5,8,15H,3,6-7H2,1-2H3,(H,14,16). The summed E-state index contributed by atoms with van der Waals surface area (Å²) in [6, 6.07) is 4.87. The van der Waals surface area contributed by atoms with E-state index in [0.29, 0.717) is 12.3 Å². The molecule has 0 heterocycles. The van der Waals surface area contributed by atoms with Gasteiger partial charge in [0.1, 0.15) is 5.75 Å². The Morgan fingerprint density at radius 1 is 1.33 bits per heavy atom. The molecule has 0 spiro atoms. The summed E-state index contributed by atoms with van der Waals surface area (Å²) in [6.07, 6.45) is 0.116. The van der Waals surface area contributed by atoms with E-state index >= 15 is 0 Å². The average molecular weight is 251 g/mol. The van der Waals surface area contributed by atoms with Crippen LogP contribution >= 0.6 is 0 Å². The van der Waals surface area contributed by atoms with E-state index in [1.165, 1.54) is 6.07 Å². The van der Waals surface area contributed by atoms with E-state index in [0.717, 1.165) is 5.56 Å². The zero-order valence-corrected chi connectivity index (χ0v) is 10.5. The Morgan fingerprint density at radius 2 is 2.06 bits per heavy atom. The minimum atomic E-state index is -0.389. The molecule has 2 N–H and O–H groups in total. The van der Waals surface area contributed by atoms with Gasteiger partial charge in [0.05, 0.1) is 13.0 Å². The molecule has 0 radical (unpaired) electrons. The molecule has 1 aromatic rings. The number of phenols is 1. The van der Waals surface area contributed by atoms with E-state index in [1.54, 1.807) is 26.0 Å². The average Bonchev–Trinajstić information content (AvgIpc) is 2.32. The predicted molar refractivity (Wildman–Crippen MR) is 67.3 cm³/mol. The van der Waals surface area contributed by atoms with Crippen LogP contribution in [0, 0.1) is 6.92 Å². The number of rotatable bonds is 5. The molecule has 0 aliphatic heterocycles. The monoisotopic (exact) mass is 251 g/mol. The lowest BCUT2D eigenvalue weighted by Crippen LogP contribution is -2.14. The third-order valence-corrected chi connectivity index (χ3v) is 2.35. The van der Waals surface area contributed by atoms with Gasteiger partial charge < -0.3 is 15.2 Å². The fourth-order valence-electron chi connectivity index (χ4n) is 1.36. The van der Waals surface area contributed by atoms with Gasteiger partial charge in [-0.3, -0.25) is 9.59 Å². The number of hydrogen-bond donors (Lipinski definition) is 2. The van der Waals surface area contributed by atoms with Crippen LogP contribution in [-0.2, 0) is 14.3 Å². The molecule has 0 atom stereocenters. The maximum atomic E-state index is 11.5. The lowest BCUT2D eigenvalue weighted by molar-refractivity contribution is -0.144. The normalized spacial score (nSPS) is 9.89. The maximum Gasteiger partial charge on any atom is 0.306 e. The zero-order chi connectivity index (χ0) is 13.5. The summed E-state index contributed by atoms with van der Waals surface area (Å²) in [5, 5.41) is 12.1. The van der Waals surface area contributed by atoms with Gasteiger partial charge in [-0.05, 0) is 25.5 Å². The van der Waals surface area contributed by atoms with Crippen molar-refractivity contribution in [3.05, 3.63) is 23.8 Å². The van der Waals surface area contributed by atoms with Crippen molar-refractivity contribution in [3.63, 3.8) is 0 Å². The van der Waals surface area contributed by atoms with Crippen molar-refractivity contribution in [2.75, 3.05) is 11.9 Å². The number of aromatic hydroxyl groups is 1. The Morgan fingerprint density at radius 3 is 2.67 bits per heavy atom. The summed E-state index contributed by atoms with van der Waals surface area (Å²) in [5.41, 5.74) is 1.24. The van der Waals surface area contributed by atoms with Gasteiger partial charge in [0.25, 0.3) is 0 Å². The number of phenolic OH excluding ortho intramolecular Hbond substituents is 1. The van der Waals surface area contributed by atoms with Crippen molar-refractivity contribution in [3.8, 4) is 5.75 Å². The fraction of sp³-hybridized carbons (Fsp3) is 0.385. The first-order valence-corrected chi connectivity index (χ1v) is 5.78. The number of esters is 1. The highest BCUT2D eigenvalue weighted by atomic mass is 16.5. The molecule has 1 rings (SSSR count). The molecule has 0 unspecified atom stereocenters. The molecular weight excluding hydrogens is 234 g/mol. The summed E-state index contributed by atoms with van der Waals surface area (Å²) < 4.78 is 4.72. The van der Waals surface area contributed by atoms with E-state index in [9.17, 15) is 14.7 Å². The number of ether oxygens (including phenoxy) is 1. The van der Waals surface area contributed by atoms with Crippen molar-refractivity contribution >= 4 is 17.6 Å². The first kappa shape index (κ1) is 14.0. The van der Waals surface area contributed by atoms with Crippen LogP contribution in [0.5, 0.6) is 5.75 Å². The van der Waals surface area contributed by atoms with Crippen LogP contribution in [0.4, 0.5) is 5.69 Å². The molecule has 18 heavy (non-hydrogen) atoms. The van der Waals surface area contributed by atoms with Crippen LogP contribution in [0.2, 0.25) is 0 Å². The largest absolute Gasteiger partial charge is 0.508 e. The van der Waals surface area contributed by atoms with Crippen LogP contribution in [0.3, 0.4) is 0 Å². The third-order valence-electron chi connectivity index (χ3n) is 2.35. The van der Waals surface area contributed by atoms with E-state index in [-0.39, 0.29) is 30.5 Å². The Hall–Kier alpha value is -2.04. The molecular formula is C13H17NO4. The van der Waals surface area contributed by atoms with E-state index in [4.69, 9.17) is 4.74 Å². The summed E-state index contributed by atoms with van der Waals surface area (Å²) >= 11 is 0. The van der Waals surface area contributed by atoms with Crippen molar-refractivity contribution in [1.29, 1.82) is 0 Å². The molecule has 5 heteroatoms. The Bertz CT molecular complexity index is 443. The Kier molecular flexibility index (Phi) is 5.17. The number of hydrogen-bond acceptors (Lipinski definition) is 4. The number of nitrogens with one attached hydrogen (secondary N) is 1. The van der Waals surface area contributed by atoms with Gasteiger partial charge in [-0.1, -0.05) is 6.07 Å². The van der Waals surface area contributed by atoms with Gasteiger partial charge in [0, 0.05) is 18.2 Å². The second-order valence-electron chi connectivity index (χ2n) is 3.85. The van der Waals surface area contributed by atoms with Crippen LogP contribution in [-0.4, -0.2) is 23.6 Å². The van der Waals surface area contributed by atoms with Crippen molar-refractivity contribution in [1.82, 2.24) is 0 Å². The molecule has 98 valence electrons. The van der Waals surface area contributed by atoms with Crippen molar-refractivity contribution in [2.45, 2.75) is 26.7 Å². The van der Waals surface area contributed by atoms with Crippen LogP contribution in [0.25, 0.3) is 0 Å². The highest BCUT2D eigenvalue weighted by molar-refractivity contribution is 5.92. The number of benzene rings is 1. The van der Waals surface area contributed by atoms with Gasteiger partial charge >= 0.3 is 5.97 Å². The first-order valence-electron chi connectivity index (χ1n) is 5.78. The molecule has 0 saturated heterocycles. The molecule has 0 aromatic heterocycles. The van der Waals surface area contributed by atoms with E-state index in [1.807, 2.05) is 0 Å². The van der Waals surface area contributed by atoms with Crippen LogP contribution < -0.4 is 5.32 Å². The van der Waals surface area contributed by atoms with Gasteiger partial charge in [-0.25, -0.2) is 0 Å². The zero-order valence-electron chi connectivity index (χ0n) is 10.5. The minimum Gasteiger partial charge on any atom is -0.508 e. The predicted octanol–water partition coefficient (Wildman–Crippen LogP) is 1.98. The van der Waals surface area contributed by atoms with Gasteiger partial charge in [-0.2, -0.15) is 0 Å². The van der Waals surface area contributed by atoms with Crippen LogP contribution in [0.1, 0.15) is 25.3 Å². The summed E-state index contributed by atoms with van der Waals surface area (Å²) in [7, 11) is 0. The molecule has 0 aliphatic rings. The fourth-order valence-corrected chi connectivity index (χ4v) is 1.36. The van der Waals surface area contributed by atoms with Gasteiger partial charge in [0.2, 0.25) is 5.91 Å². The third kappa shape index (κ3) is 4.45. The number of anilines is 1. The number of aryl methyl sites for hydroxylation is 1. The Balaban J connectivity index is 2.44. The lowest BCUT2D eigenvalue weighted by Gasteiger charge is -2.06. The highest BCUT2D eigenvalue weighted by Gasteiger charge is 2.08. The number of carbonyl (C=O) groups excluding carboxylic acids is 2. The molecule has 0 saturated carbocycles. The van der Waals surface area contributed by atoms with E-state index < -0.39 is 0 Å². The topological polar surface area (TPSA) is 75.6 Å². The highest BCUT2D eigenvalue weighted by Crippen LogP contribution is 2.20. The SMILES string of the molecule is CCOC(=O)CCC(=O)Nc1ccc(C)c(O)c1. The summed E-state index contributed by atoms with van der Waals surface area (Å²) in [4.78, 5) is 22.6. The number of amides is 1. The molecule has 0 aliphatic carbocycles. The lowest BCUT2D eigenvalue weighted by atomic mass is 10.2.